The molecule has 0 unspecified atom stereocenters. The highest BCUT2D eigenvalue weighted by molar-refractivity contribution is 6.90. The van der Waals surface area contributed by atoms with Crippen molar-refractivity contribution >= 4 is 124 Å². The van der Waals surface area contributed by atoms with Crippen LogP contribution in [0.25, 0.3) is 87.3 Å². The maximum Gasteiger partial charge on any atom is 0.159 e. The molecule has 2 aromatic heterocycles. The molecule has 0 fully saturated rings. The molecule has 0 spiro atoms. The highest BCUT2D eigenvalue weighted by Gasteiger charge is 2.59. The predicted molar refractivity (Wildman–Crippen MR) is 336 cm³/mol. The van der Waals surface area contributed by atoms with Crippen LogP contribution in [-0.2, 0) is 5.41 Å². The Labute approximate surface area is 458 Å². The Morgan fingerprint density at radius 3 is 1.44 bits per heavy atom. The Morgan fingerprint density at radius 1 is 0.359 bits per heavy atom. The number of nitrogens with zero attached hydrogens (tertiary/aromatic N) is 2. The lowest BCUT2D eigenvalue weighted by Crippen LogP contribution is -2.50. The molecule has 0 bridgehead atoms. The molecule has 0 amide bonds. The lowest BCUT2D eigenvalue weighted by Gasteiger charge is -2.53. The molecule has 11 aromatic carbocycles. The highest BCUT2D eigenvalue weighted by Crippen LogP contribution is 2.69. The number of furan rings is 2. The zero-order chi connectivity index (χ0) is 53.6. The maximum atomic E-state index is 7.27. The van der Waals surface area contributed by atoms with Gasteiger partial charge in [-0.25, -0.2) is 0 Å². The number of para-hydroxylation sites is 6. The van der Waals surface area contributed by atoms with Crippen molar-refractivity contribution in [2.45, 2.75) is 73.5 Å². The Bertz CT molecular complexity index is 4570. The molecule has 14 rings (SSSR count). The summed E-state index contributed by atoms with van der Waals surface area (Å²) < 4.78 is 14.2. The van der Waals surface area contributed by atoms with E-state index in [2.05, 4.69) is 284 Å². The molecule has 1 aliphatic rings. The smallest absolute Gasteiger partial charge is 0.159 e. The Hall–Kier alpha value is -8.38. The van der Waals surface area contributed by atoms with Crippen LogP contribution in [0.2, 0.25) is 19.6 Å². The monoisotopic (exact) mass is 1030 g/mol. The van der Waals surface area contributed by atoms with Gasteiger partial charge >= 0.3 is 0 Å². The zero-order valence-corrected chi connectivity index (χ0v) is 47.3. The summed E-state index contributed by atoms with van der Waals surface area (Å²) in [4.78, 5) is 4.88. The minimum absolute atomic E-state index is 0.284. The van der Waals surface area contributed by atoms with E-state index in [1.54, 1.807) is 0 Å². The van der Waals surface area contributed by atoms with Gasteiger partial charge in [-0.15, -0.1) is 0 Å². The lowest BCUT2D eigenvalue weighted by atomic mass is 9.49. The SMILES string of the molecule is Cc1cccc2c1oc1c(N(c3ccccc3)c3ccc4c5c(c6ccccc6c4c3)-c3c(cc(N(c4ccccc4)c4cccc6c4oc4c([Si](C)(C)C)cccc46)c4ccccc34)C5(C(C)(C)C)C(C)(C)C)cccc12. The van der Waals surface area contributed by atoms with Crippen molar-refractivity contribution in [1.29, 1.82) is 0 Å². The predicted octanol–water partition coefficient (Wildman–Crippen LogP) is 21.1. The lowest BCUT2D eigenvalue weighted by molar-refractivity contribution is 0.0965. The summed E-state index contributed by atoms with van der Waals surface area (Å²) in [7, 11) is -1.78. The molecule has 78 heavy (non-hydrogen) atoms. The minimum Gasteiger partial charge on any atom is -0.454 e. The second-order valence-corrected chi connectivity index (χ2v) is 29.9. The molecule has 0 saturated carbocycles. The van der Waals surface area contributed by atoms with Crippen LogP contribution in [0.15, 0.2) is 215 Å². The number of benzene rings is 11. The van der Waals surface area contributed by atoms with Gasteiger partial charge in [0.2, 0.25) is 0 Å². The third kappa shape index (κ3) is 6.76. The van der Waals surface area contributed by atoms with E-state index < -0.39 is 13.5 Å². The largest absolute Gasteiger partial charge is 0.454 e. The summed E-state index contributed by atoms with van der Waals surface area (Å²) in [6.45, 7) is 24.2. The van der Waals surface area contributed by atoms with Gasteiger partial charge in [0.05, 0.1) is 25.1 Å². The summed E-state index contributed by atoms with van der Waals surface area (Å²) in [5.41, 5.74) is 15.5. The average molecular weight is 1030 g/mol. The Balaban J connectivity index is 1.08. The number of aryl methyl sites for hydroxylation is 1. The van der Waals surface area contributed by atoms with Gasteiger partial charge in [0.1, 0.15) is 11.2 Å². The second kappa shape index (κ2) is 17.1. The average Bonchev–Trinajstić information content (AvgIpc) is 2.92. The first kappa shape index (κ1) is 48.0. The van der Waals surface area contributed by atoms with Crippen molar-refractivity contribution in [3.63, 3.8) is 0 Å². The van der Waals surface area contributed by atoms with Crippen LogP contribution >= 0.6 is 0 Å². The third-order valence-electron chi connectivity index (χ3n) is 17.3. The molecule has 5 heteroatoms. The molecule has 0 radical (unpaired) electrons. The first-order valence-corrected chi connectivity index (χ1v) is 31.2. The summed E-state index contributed by atoms with van der Waals surface area (Å²) in [5.74, 6) is 0. The van der Waals surface area contributed by atoms with E-state index >= 15 is 0 Å². The van der Waals surface area contributed by atoms with Crippen LogP contribution in [0.3, 0.4) is 0 Å². The highest BCUT2D eigenvalue weighted by atomic mass is 28.3. The molecule has 0 N–H and O–H groups in total. The van der Waals surface area contributed by atoms with Gasteiger partial charge in [-0.2, -0.15) is 0 Å². The van der Waals surface area contributed by atoms with E-state index in [0.29, 0.717) is 0 Å². The molecule has 2 heterocycles. The topological polar surface area (TPSA) is 32.8 Å². The molecule has 1 aliphatic carbocycles. The first-order chi connectivity index (χ1) is 37.6. The maximum absolute atomic E-state index is 7.27. The van der Waals surface area contributed by atoms with E-state index in [-0.39, 0.29) is 10.8 Å². The second-order valence-electron chi connectivity index (χ2n) is 24.9. The van der Waals surface area contributed by atoms with E-state index in [4.69, 9.17) is 8.83 Å². The summed E-state index contributed by atoms with van der Waals surface area (Å²) >= 11 is 0. The van der Waals surface area contributed by atoms with Crippen molar-refractivity contribution in [3.05, 3.63) is 223 Å². The van der Waals surface area contributed by atoms with Crippen LogP contribution in [0.4, 0.5) is 34.1 Å². The van der Waals surface area contributed by atoms with Gasteiger partial charge in [-0.05, 0) is 132 Å². The van der Waals surface area contributed by atoms with E-state index in [1.165, 1.54) is 65.1 Å². The van der Waals surface area contributed by atoms with Crippen LogP contribution in [0.1, 0.15) is 58.2 Å². The fraction of sp³-hybridized carbons (Fsp3) is 0.178. The van der Waals surface area contributed by atoms with Gasteiger partial charge in [-0.1, -0.05) is 213 Å². The van der Waals surface area contributed by atoms with Gasteiger partial charge in [-0.3, -0.25) is 0 Å². The van der Waals surface area contributed by atoms with Gasteiger partial charge in [0, 0.05) is 49.4 Å². The number of rotatable bonds is 7. The van der Waals surface area contributed by atoms with E-state index in [0.717, 1.165) is 78.2 Å². The van der Waals surface area contributed by atoms with Crippen molar-refractivity contribution in [2.75, 3.05) is 9.80 Å². The van der Waals surface area contributed by atoms with Crippen molar-refractivity contribution in [1.82, 2.24) is 0 Å². The van der Waals surface area contributed by atoms with Crippen molar-refractivity contribution in [3.8, 4) is 11.1 Å². The first-order valence-electron chi connectivity index (χ1n) is 27.7. The van der Waals surface area contributed by atoms with E-state index in [1.807, 2.05) is 0 Å². The number of fused-ring (bicyclic) bond motifs is 16. The van der Waals surface area contributed by atoms with Crippen LogP contribution in [0, 0.1) is 17.8 Å². The molecule has 382 valence electrons. The summed E-state index contributed by atoms with van der Waals surface area (Å²) in [6.07, 6.45) is 0. The summed E-state index contributed by atoms with van der Waals surface area (Å²) in [5, 5.41) is 13.3. The minimum atomic E-state index is -1.78. The molecular weight excluding hydrogens is 965 g/mol. The molecular formula is C73H64N2O2Si. The third-order valence-corrected chi connectivity index (χ3v) is 19.3. The fourth-order valence-electron chi connectivity index (χ4n) is 14.6. The van der Waals surface area contributed by atoms with Gasteiger partial charge in [0.15, 0.2) is 11.2 Å². The molecule has 0 aliphatic heterocycles. The van der Waals surface area contributed by atoms with Crippen molar-refractivity contribution < 1.29 is 8.83 Å². The van der Waals surface area contributed by atoms with Gasteiger partial charge in [0.25, 0.3) is 0 Å². The quantitative estimate of drug-likeness (QED) is 0.118. The van der Waals surface area contributed by atoms with Crippen molar-refractivity contribution in [2.24, 2.45) is 10.8 Å². The van der Waals surface area contributed by atoms with E-state index in [9.17, 15) is 0 Å². The molecule has 4 nitrogen and oxygen atoms in total. The van der Waals surface area contributed by atoms with Crippen LogP contribution < -0.4 is 15.0 Å². The number of anilines is 6. The normalized spacial score (nSPS) is 13.6. The van der Waals surface area contributed by atoms with Gasteiger partial charge < -0.3 is 18.6 Å². The standard InChI is InChI=1S/C73H64N2O2Si/c1-45-25-21-34-54-55-35-22-38-60(68(55)76-67(45)54)74(46-26-13-11-14-27-46)48-41-42-53-58(43-48)49-30-17-19-32-51(49)65-64-52-33-20-18-31-50(52)62(44-59(64)73(66(53)65,71(2,3)4)72(5,6)7)75(47-28-15-12-16-29-47)61-39-23-36-56-57-37-24-40-63(78(8,9)10)70(57)77-69(56)61/h11-44H,1-10H3. The number of hydrogen-bond donors (Lipinski definition) is 0. The molecule has 0 saturated heterocycles. The van der Waals surface area contributed by atoms with Crippen LogP contribution in [0.5, 0.6) is 0 Å². The molecule has 0 atom stereocenters. The Morgan fingerprint density at radius 2 is 0.833 bits per heavy atom. The molecule has 13 aromatic rings. The fourth-order valence-corrected chi connectivity index (χ4v) is 16.0. The summed E-state index contributed by atoms with van der Waals surface area (Å²) in [6, 6.07) is 76.4. The number of hydrogen-bond acceptors (Lipinski definition) is 4. The van der Waals surface area contributed by atoms with Crippen LogP contribution in [-0.4, -0.2) is 8.07 Å². The Kier molecular flexibility index (Phi) is 10.5. The zero-order valence-electron chi connectivity index (χ0n) is 46.3.